The minimum Gasteiger partial charge on any atom is -0.491 e. The van der Waals surface area contributed by atoms with E-state index in [1.165, 1.54) is 0 Å². The number of alkyl halides is 3. The van der Waals surface area contributed by atoms with Crippen LogP contribution in [0.4, 0.5) is 13.2 Å². The molecule has 0 aliphatic rings. The number of hydrogen-bond acceptors (Lipinski definition) is 3. The maximum Gasteiger partial charge on any atom is 0.522 e. The van der Waals surface area contributed by atoms with Gasteiger partial charge in [0.15, 0.2) is 0 Å². The summed E-state index contributed by atoms with van der Waals surface area (Å²) in [5, 5.41) is 9.70. The van der Waals surface area contributed by atoms with Gasteiger partial charge in [0.25, 0.3) is 0 Å². The lowest BCUT2D eigenvalue weighted by Crippen LogP contribution is -2.18. The van der Waals surface area contributed by atoms with E-state index in [1.54, 1.807) is 31.2 Å². The van der Waals surface area contributed by atoms with Gasteiger partial charge in [-0.25, -0.2) is 0 Å². The average molecular weight is 264 g/mol. The van der Waals surface area contributed by atoms with Crippen LogP contribution in [0, 0.1) is 0 Å². The number of hydrogen-bond donors (Lipinski definition) is 1. The number of aliphatic hydroxyl groups excluding tert-OH is 1. The largest absolute Gasteiger partial charge is 0.522 e. The fourth-order valence-electron chi connectivity index (χ4n) is 1.42. The number of aliphatic hydroxyl groups is 1. The Balaban J connectivity index is 2.52. The van der Waals surface area contributed by atoms with Crippen molar-refractivity contribution >= 4 is 0 Å². The highest BCUT2D eigenvalue weighted by Crippen LogP contribution is 2.26. The molecule has 0 unspecified atom stereocenters. The fraction of sp³-hybridized carbons (Fsp3) is 0.500. The van der Waals surface area contributed by atoms with Crippen molar-refractivity contribution in [3.63, 3.8) is 0 Å². The van der Waals surface area contributed by atoms with Crippen molar-refractivity contribution in [1.82, 2.24) is 0 Å². The summed E-state index contributed by atoms with van der Waals surface area (Å²) in [6.07, 6.45) is -4.84. The van der Waals surface area contributed by atoms with Gasteiger partial charge < -0.3 is 9.84 Å². The van der Waals surface area contributed by atoms with Crippen molar-refractivity contribution < 1.29 is 27.8 Å². The maximum absolute atomic E-state index is 11.7. The zero-order chi connectivity index (χ0) is 13.6. The second-order valence-corrected chi connectivity index (χ2v) is 3.60. The average Bonchev–Trinajstić information content (AvgIpc) is 2.33. The predicted octanol–water partition coefficient (Wildman–Crippen LogP) is 3.05. The van der Waals surface area contributed by atoms with Crippen LogP contribution >= 0.6 is 0 Å². The minimum atomic E-state index is -4.65. The molecule has 0 aliphatic heterocycles. The van der Waals surface area contributed by atoms with Gasteiger partial charge in [-0.3, -0.25) is 4.74 Å². The van der Waals surface area contributed by atoms with E-state index in [0.29, 0.717) is 17.7 Å². The molecule has 1 rings (SSSR count). The first kappa shape index (κ1) is 14.8. The van der Waals surface area contributed by atoms with Crippen molar-refractivity contribution in [1.29, 1.82) is 0 Å². The van der Waals surface area contributed by atoms with E-state index in [0.717, 1.165) is 0 Å². The first-order valence-electron chi connectivity index (χ1n) is 5.54. The van der Waals surface area contributed by atoms with Gasteiger partial charge in [0.2, 0.25) is 0 Å². The fourth-order valence-corrected chi connectivity index (χ4v) is 1.42. The lowest BCUT2D eigenvalue weighted by atomic mass is 10.1. The topological polar surface area (TPSA) is 38.7 Å². The van der Waals surface area contributed by atoms with Gasteiger partial charge in [0.1, 0.15) is 12.4 Å². The molecule has 3 nitrogen and oxygen atoms in total. The van der Waals surface area contributed by atoms with Crippen LogP contribution in [0.2, 0.25) is 0 Å². The molecule has 0 fully saturated rings. The van der Waals surface area contributed by atoms with E-state index in [4.69, 9.17) is 4.74 Å². The first-order chi connectivity index (χ1) is 8.44. The summed E-state index contributed by atoms with van der Waals surface area (Å²) in [6, 6.07) is 6.69. The smallest absolute Gasteiger partial charge is 0.491 e. The van der Waals surface area contributed by atoms with Crippen molar-refractivity contribution in [2.45, 2.75) is 25.8 Å². The minimum absolute atomic E-state index is 0.229. The van der Waals surface area contributed by atoms with Gasteiger partial charge in [-0.05, 0) is 12.5 Å². The normalized spacial score (nSPS) is 13.4. The molecule has 1 atom stereocenters. The van der Waals surface area contributed by atoms with Crippen LogP contribution in [0.1, 0.15) is 25.0 Å². The molecular formula is C12H15F3O3. The Bertz CT molecular complexity index is 366. The lowest BCUT2D eigenvalue weighted by molar-refractivity contribution is -0.325. The second-order valence-electron chi connectivity index (χ2n) is 3.60. The number of ether oxygens (including phenoxy) is 2. The molecule has 0 saturated heterocycles. The van der Waals surface area contributed by atoms with E-state index in [1.807, 2.05) is 0 Å². The second kappa shape index (κ2) is 6.61. The molecule has 1 aromatic carbocycles. The van der Waals surface area contributed by atoms with Crippen molar-refractivity contribution in [3.05, 3.63) is 29.8 Å². The SMILES string of the molecule is CC[C@H](O)c1ccccc1OCCOC(F)(F)F. The molecule has 0 bridgehead atoms. The van der Waals surface area contributed by atoms with Crippen LogP contribution in [-0.4, -0.2) is 24.7 Å². The molecule has 1 aromatic rings. The molecule has 6 heteroatoms. The summed E-state index contributed by atoms with van der Waals surface area (Å²) < 4.78 is 43.9. The van der Waals surface area contributed by atoms with E-state index in [-0.39, 0.29) is 6.61 Å². The van der Waals surface area contributed by atoms with Gasteiger partial charge in [-0.15, -0.1) is 13.2 Å². The van der Waals surface area contributed by atoms with Crippen LogP contribution in [-0.2, 0) is 4.74 Å². The molecule has 102 valence electrons. The molecule has 0 radical (unpaired) electrons. The lowest BCUT2D eigenvalue weighted by Gasteiger charge is -2.15. The van der Waals surface area contributed by atoms with Gasteiger partial charge in [0, 0.05) is 5.56 Å². The monoisotopic (exact) mass is 264 g/mol. The van der Waals surface area contributed by atoms with E-state index >= 15 is 0 Å². The molecule has 0 saturated carbocycles. The highest BCUT2D eigenvalue weighted by molar-refractivity contribution is 5.34. The van der Waals surface area contributed by atoms with Crippen molar-refractivity contribution in [2.75, 3.05) is 13.2 Å². The molecule has 0 spiro atoms. The molecule has 0 aromatic heterocycles. The van der Waals surface area contributed by atoms with Crippen molar-refractivity contribution in [2.24, 2.45) is 0 Å². The Labute approximate surface area is 103 Å². The highest BCUT2D eigenvalue weighted by atomic mass is 19.4. The predicted molar refractivity (Wildman–Crippen MR) is 59.2 cm³/mol. The maximum atomic E-state index is 11.7. The molecule has 0 aliphatic carbocycles. The summed E-state index contributed by atoms with van der Waals surface area (Å²) in [5.74, 6) is 0.373. The zero-order valence-corrected chi connectivity index (χ0v) is 9.91. The molecule has 18 heavy (non-hydrogen) atoms. The molecule has 0 amide bonds. The summed E-state index contributed by atoms with van der Waals surface area (Å²) >= 11 is 0. The Morgan fingerprint density at radius 3 is 2.50 bits per heavy atom. The Hall–Kier alpha value is -1.27. The van der Waals surface area contributed by atoms with Crippen LogP contribution in [0.3, 0.4) is 0 Å². The molecule has 0 heterocycles. The zero-order valence-electron chi connectivity index (χ0n) is 9.91. The third kappa shape index (κ3) is 4.93. The number of benzene rings is 1. The number of rotatable bonds is 6. The number of halogens is 3. The highest BCUT2D eigenvalue weighted by Gasteiger charge is 2.28. The van der Waals surface area contributed by atoms with E-state index in [2.05, 4.69) is 4.74 Å². The van der Waals surface area contributed by atoms with Gasteiger partial charge in [-0.2, -0.15) is 0 Å². The standard InChI is InChI=1S/C12H15F3O3/c1-2-10(16)9-5-3-4-6-11(9)17-7-8-18-12(13,14)15/h3-6,10,16H,2,7-8H2,1H3/t10-/m0/s1. The van der Waals surface area contributed by atoms with Crippen LogP contribution in [0.15, 0.2) is 24.3 Å². The van der Waals surface area contributed by atoms with Crippen LogP contribution < -0.4 is 4.74 Å². The third-order valence-electron chi connectivity index (χ3n) is 2.27. The van der Waals surface area contributed by atoms with Gasteiger partial charge in [-0.1, -0.05) is 25.1 Å². The Morgan fingerprint density at radius 1 is 1.22 bits per heavy atom. The summed E-state index contributed by atoms with van der Waals surface area (Å²) in [6.45, 7) is 0.987. The van der Waals surface area contributed by atoms with Crippen LogP contribution in [0.25, 0.3) is 0 Å². The summed E-state index contributed by atoms with van der Waals surface area (Å²) in [5.41, 5.74) is 0.562. The van der Waals surface area contributed by atoms with Crippen molar-refractivity contribution in [3.8, 4) is 5.75 Å². The van der Waals surface area contributed by atoms with Gasteiger partial charge in [0.05, 0.1) is 12.7 Å². The van der Waals surface area contributed by atoms with Gasteiger partial charge >= 0.3 is 6.36 Å². The van der Waals surface area contributed by atoms with E-state index in [9.17, 15) is 18.3 Å². The van der Waals surface area contributed by atoms with Crippen LogP contribution in [0.5, 0.6) is 5.75 Å². The summed E-state index contributed by atoms with van der Waals surface area (Å²) in [7, 11) is 0. The molecular weight excluding hydrogens is 249 g/mol. The van der Waals surface area contributed by atoms with E-state index < -0.39 is 19.1 Å². The Morgan fingerprint density at radius 2 is 1.89 bits per heavy atom. The first-order valence-corrected chi connectivity index (χ1v) is 5.54. The number of para-hydroxylation sites is 1. The third-order valence-corrected chi connectivity index (χ3v) is 2.27. The molecule has 1 N–H and O–H groups in total. The summed E-state index contributed by atoms with van der Waals surface area (Å²) in [4.78, 5) is 0. The Kier molecular flexibility index (Phi) is 5.43. The quantitative estimate of drug-likeness (QED) is 0.802.